The van der Waals surface area contributed by atoms with Crippen molar-refractivity contribution in [2.45, 2.75) is 51.4 Å². The predicted octanol–water partition coefficient (Wildman–Crippen LogP) is 3.18. The highest BCUT2D eigenvalue weighted by Crippen LogP contribution is 2.39. The molecule has 1 aromatic rings. The van der Waals surface area contributed by atoms with Crippen molar-refractivity contribution in [2.24, 2.45) is 11.8 Å². The first-order valence-corrected chi connectivity index (χ1v) is 7.70. The summed E-state index contributed by atoms with van der Waals surface area (Å²) in [5, 5.41) is 13.0. The SMILES string of the molecule is CC1CC1C(=O)Nc1nnc(C2CCCCC2)s1. The number of hydrogen-bond donors (Lipinski definition) is 1. The number of hydrogen-bond acceptors (Lipinski definition) is 4. The highest BCUT2D eigenvalue weighted by Gasteiger charge is 2.39. The van der Waals surface area contributed by atoms with Gasteiger partial charge in [-0.05, 0) is 25.2 Å². The maximum absolute atomic E-state index is 11.8. The molecule has 0 aliphatic heterocycles. The van der Waals surface area contributed by atoms with Crippen LogP contribution in [0.5, 0.6) is 0 Å². The lowest BCUT2D eigenvalue weighted by molar-refractivity contribution is -0.117. The van der Waals surface area contributed by atoms with Crippen LogP contribution < -0.4 is 5.32 Å². The highest BCUT2D eigenvalue weighted by molar-refractivity contribution is 7.15. The van der Waals surface area contributed by atoms with Crippen molar-refractivity contribution >= 4 is 22.4 Å². The van der Waals surface area contributed by atoms with Crippen molar-refractivity contribution < 1.29 is 4.79 Å². The van der Waals surface area contributed by atoms with Crippen molar-refractivity contribution in [3.8, 4) is 0 Å². The monoisotopic (exact) mass is 265 g/mol. The van der Waals surface area contributed by atoms with E-state index >= 15 is 0 Å². The third-order valence-corrected chi connectivity index (χ3v) is 5.07. The Morgan fingerprint density at radius 3 is 2.67 bits per heavy atom. The van der Waals surface area contributed by atoms with Gasteiger partial charge >= 0.3 is 0 Å². The number of anilines is 1. The molecule has 0 saturated heterocycles. The summed E-state index contributed by atoms with van der Waals surface area (Å²) in [5.74, 6) is 1.43. The van der Waals surface area contributed by atoms with Gasteiger partial charge in [-0.2, -0.15) is 0 Å². The molecule has 2 aliphatic carbocycles. The van der Waals surface area contributed by atoms with Crippen LogP contribution in [-0.4, -0.2) is 16.1 Å². The largest absolute Gasteiger partial charge is 0.300 e. The summed E-state index contributed by atoms with van der Waals surface area (Å²) in [6, 6.07) is 0. The molecule has 2 unspecified atom stereocenters. The number of nitrogens with zero attached hydrogens (tertiary/aromatic N) is 2. The zero-order valence-corrected chi connectivity index (χ0v) is 11.5. The van der Waals surface area contributed by atoms with E-state index in [-0.39, 0.29) is 11.8 Å². The molecule has 2 saturated carbocycles. The second-order valence-electron chi connectivity index (χ2n) is 5.59. The van der Waals surface area contributed by atoms with Crippen LogP contribution in [0.1, 0.15) is 56.4 Å². The second kappa shape index (κ2) is 4.96. The molecular weight excluding hydrogens is 246 g/mol. The third-order valence-electron chi connectivity index (χ3n) is 4.07. The van der Waals surface area contributed by atoms with E-state index in [9.17, 15) is 4.79 Å². The summed E-state index contributed by atoms with van der Waals surface area (Å²) in [6.45, 7) is 2.11. The summed E-state index contributed by atoms with van der Waals surface area (Å²) in [5.41, 5.74) is 0. The molecule has 0 spiro atoms. The smallest absolute Gasteiger partial charge is 0.229 e. The summed E-state index contributed by atoms with van der Waals surface area (Å²) in [6.07, 6.45) is 7.40. The molecule has 0 bridgehead atoms. The van der Waals surface area contributed by atoms with Gasteiger partial charge in [-0.15, -0.1) is 10.2 Å². The molecule has 2 fully saturated rings. The molecule has 1 heterocycles. The maximum Gasteiger partial charge on any atom is 0.229 e. The van der Waals surface area contributed by atoms with Crippen molar-refractivity contribution in [1.29, 1.82) is 0 Å². The van der Waals surface area contributed by atoms with Crippen LogP contribution in [0.25, 0.3) is 0 Å². The number of carbonyl (C=O) groups is 1. The molecule has 18 heavy (non-hydrogen) atoms. The molecule has 1 N–H and O–H groups in total. The van der Waals surface area contributed by atoms with E-state index in [0.29, 0.717) is 17.0 Å². The molecule has 98 valence electrons. The van der Waals surface area contributed by atoms with Crippen LogP contribution in [-0.2, 0) is 4.79 Å². The number of carbonyl (C=O) groups excluding carboxylic acids is 1. The fraction of sp³-hybridized carbons (Fsp3) is 0.769. The molecule has 2 aliphatic rings. The van der Waals surface area contributed by atoms with Crippen LogP contribution >= 0.6 is 11.3 Å². The first-order valence-electron chi connectivity index (χ1n) is 6.88. The van der Waals surface area contributed by atoms with Crippen LogP contribution in [0, 0.1) is 11.8 Å². The van der Waals surface area contributed by atoms with Gasteiger partial charge in [-0.3, -0.25) is 4.79 Å². The van der Waals surface area contributed by atoms with Gasteiger partial charge in [0.1, 0.15) is 5.01 Å². The maximum atomic E-state index is 11.8. The van der Waals surface area contributed by atoms with Crippen LogP contribution in [0.2, 0.25) is 0 Å². The van der Waals surface area contributed by atoms with E-state index in [2.05, 4.69) is 22.4 Å². The van der Waals surface area contributed by atoms with E-state index < -0.39 is 0 Å². The number of rotatable bonds is 3. The Morgan fingerprint density at radius 2 is 2.00 bits per heavy atom. The highest BCUT2D eigenvalue weighted by atomic mass is 32.1. The molecule has 0 radical (unpaired) electrons. The minimum absolute atomic E-state index is 0.119. The lowest BCUT2D eigenvalue weighted by atomic mass is 9.90. The molecule has 0 aromatic carbocycles. The van der Waals surface area contributed by atoms with Crippen molar-refractivity contribution in [3.63, 3.8) is 0 Å². The van der Waals surface area contributed by atoms with Gasteiger partial charge in [0.2, 0.25) is 11.0 Å². The lowest BCUT2D eigenvalue weighted by Crippen LogP contribution is -2.14. The standard InChI is InChI=1S/C13H19N3OS/c1-8-7-10(8)11(17)14-13-16-15-12(18-13)9-5-3-2-4-6-9/h8-10H,2-7H2,1H3,(H,14,16,17). The predicted molar refractivity (Wildman–Crippen MR) is 71.6 cm³/mol. The zero-order chi connectivity index (χ0) is 12.5. The second-order valence-corrected chi connectivity index (χ2v) is 6.60. The molecule has 2 atom stereocenters. The molecule has 4 nitrogen and oxygen atoms in total. The van der Waals surface area contributed by atoms with Gasteiger partial charge < -0.3 is 5.32 Å². The fourth-order valence-corrected chi connectivity index (χ4v) is 3.60. The van der Waals surface area contributed by atoms with Gasteiger partial charge in [0, 0.05) is 11.8 Å². The Labute approximate surface area is 111 Å². The van der Waals surface area contributed by atoms with E-state index in [1.807, 2.05) is 0 Å². The third kappa shape index (κ3) is 2.55. The molecule has 3 rings (SSSR count). The Hall–Kier alpha value is -0.970. The summed E-state index contributed by atoms with van der Waals surface area (Å²) in [4.78, 5) is 11.8. The van der Waals surface area contributed by atoms with Crippen LogP contribution in [0.15, 0.2) is 0 Å². The van der Waals surface area contributed by atoms with Gasteiger partial charge in [0.05, 0.1) is 0 Å². The topological polar surface area (TPSA) is 54.9 Å². The van der Waals surface area contributed by atoms with Crippen LogP contribution in [0.3, 0.4) is 0 Å². The van der Waals surface area contributed by atoms with Crippen molar-refractivity contribution in [1.82, 2.24) is 10.2 Å². The van der Waals surface area contributed by atoms with E-state index in [4.69, 9.17) is 0 Å². The number of nitrogens with one attached hydrogen (secondary N) is 1. The van der Waals surface area contributed by atoms with Crippen LogP contribution in [0.4, 0.5) is 5.13 Å². The van der Waals surface area contributed by atoms with Gasteiger partial charge in [0.25, 0.3) is 0 Å². The summed E-state index contributed by atoms with van der Waals surface area (Å²) >= 11 is 1.56. The quantitative estimate of drug-likeness (QED) is 0.913. The fourth-order valence-electron chi connectivity index (χ4n) is 2.69. The molecular formula is C13H19N3OS. The first kappa shape index (κ1) is 12.1. The van der Waals surface area contributed by atoms with Gasteiger partial charge in [-0.1, -0.05) is 37.5 Å². The first-order chi connectivity index (χ1) is 8.74. The summed E-state index contributed by atoms with van der Waals surface area (Å²) in [7, 11) is 0. The molecule has 1 aromatic heterocycles. The normalized spacial score (nSPS) is 28.1. The lowest BCUT2D eigenvalue weighted by Gasteiger charge is -2.18. The number of aromatic nitrogens is 2. The Kier molecular flexibility index (Phi) is 3.33. The average Bonchev–Trinajstić information content (AvgIpc) is 2.95. The Bertz CT molecular complexity index is 439. The minimum Gasteiger partial charge on any atom is -0.300 e. The van der Waals surface area contributed by atoms with E-state index in [1.54, 1.807) is 11.3 Å². The minimum atomic E-state index is 0.119. The van der Waals surface area contributed by atoms with E-state index in [0.717, 1.165) is 11.4 Å². The Balaban J connectivity index is 1.60. The number of amides is 1. The van der Waals surface area contributed by atoms with Crippen molar-refractivity contribution in [3.05, 3.63) is 5.01 Å². The van der Waals surface area contributed by atoms with Crippen molar-refractivity contribution in [2.75, 3.05) is 5.32 Å². The zero-order valence-electron chi connectivity index (χ0n) is 10.7. The molecule has 5 heteroatoms. The van der Waals surface area contributed by atoms with E-state index in [1.165, 1.54) is 32.1 Å². The average molecular weight is 265 g/mol. The summed E-state index contributed by atoms with van der Waals surface area (Å²) < 4.78 is 0. The molecule has 1 amide bonds. The van der Waals surface area contributed by atoms with Gasteiger partial charge in [0.15, 0.2) is 0 Å². The Morgan fingerprint density at radius 1 is 1.28 bits per heavy atom. The van der Waals surface area contributed by atoms with Gasteiger partial charge in [-0.25, -0.2) is 0 Å².